The normalized spacial score (nSPS) is 16.8. The molecule has 0 spiro atoms. The maximum Gasteiger partial charge on any atom is 0.223 e. The number of hydrogen-bond donors (Lipinski definition) is 0. The summed E-state index contributed by atoms with van der Waals surface area (Å²) >= 11 is 5.98. The van der Waals surface area contributed by atoms with Crippen molar-refractivity contribution in [3.05, 3.63) is 69.7 Å². The molecule has 33 heavy (non-hydrogen) atoms. The van der Waals surface area contributed by atoms with Crippen LogP contribution in [-0.4, -0.2) is 53.6 Å². The minimum absolute atomic E-state index is 0.00914. The lowest BCUT2D eigenvalue weighted by Gasteiger charge is -2.32. The lowest BCUT2D eigenvalue weighted by atomic mass is 9.89. The summed E-state index contributed by atoms with van der Waals surface area (Å²) < 4.78 is 0. The molecule has 0 N–H and O–H groups in total. The number of fused-ring (bicyclic) bond motifs is 1. The Morgan fingerprint density at radius 3 is 2.18 bits per heavy atom. The van der Waals surface area contributed by atoms with Crippen LogP contribution in [0.3, 0.4) is 0 Å². The summed E-state index contributed by atoms with van der Waals surface area (Å²) in [4.78, 5) is 41.0. The van der Waals surface area contributed by atoms with E-state index in [1.54, 1.807) is 6.92 Å². The minimum Gasteiger partial charge on any atom is -0.343 e. The highest BCUT2D eigenvalue weighted by molar-refractivity contribution is 6.30. The number of Topliss-reactive ketones (excluding diaryl/α,β-unsaturated/α-hetero) is 1. The first-order valence-corrected chi connectivity index (χ1v) is 12.2. The third kappa shape index (κ3) is 5.83. The summed E-state index contributed by atoms with van der Waals surface area (Å²) in [7, 11) is 0. The number of likely N-dealkylation sites (tertiary alicyclic amines) is 1. The van der Waals surface area contributed by atoms with Crippen molar-refractivity contribution in [1.29, 1.82) is 0 Å². The third-order valence-corrected chi connectivity index (χ3v) is 7.28. The van der Waals surface area contributed by atoms with E-state index in [2.05, 4.69) is 12.1 Å². The second kappa shape index (κ2) is 10.5. The van der Waals surface area contributed by atoms with Gasteiger partial charge < -0.3 is 9.80 Å². The maximum absolute atomic E-state index is 12.8. The van der Waals surface area contributed by atoms with E-state index in [0.717, 1.165) is 55.9 Å². The molecule has 0 saturated carbocycles. The number of rotatable bonds is 5. The standard InChI is InChI=1S/C27H31ClN2O3/c1-19(31)29-14-10-21-2-3-24(18-23(21)13-15-29)26(32)8-9-27(33)30-16-11-22(12-17-30)20-4-6-25(28)7-5-20/h2-7,18,22H,8-17H2,1H3. The summed E-state index contributed by atoms with van der Waals surface area (Å²) in [5.74, 6) is 0.612. The van der Waals surface area contributed by atoms with Crippen molar-refractivity contribution in [2.45, 2.75) is 51.4 Å². The van der Waals surface area contributed by atoms with Crippen LogP contribution in [0.25, 0.3) is 0 Å². The minimum atomic E-state index is 0.00914. The zero-order valence-electron chi connectivity index (χ0n) is 19.2. The quantitative estimate of drug-likeness (QED) is 0.602. The largest absolute Gasteiger partial charge is 0.343 e. The van der Waals surface area contributed by atoms with Crippen molar-refractivity contribution in [2.75, 3.05) is 26.2 Å². The molecule has 0 unspecified atom stereocenters. The monoisotopic (exact) mass is 466 g/mol. The van der Waals surface area contributed by atoms with Crippen molar-refractivity contribution in [1.82, 2.24) is 9.80 Å². The highest BCUT2D eigenvalue weighted by Crippen LogP contribution is 2.29. The van der Waals surface area contributed by atoms with Crippen LogP contribution in [0.4, 0.5) is 0 Å². The fourth-order valence-electron chi connectivity index (χ4n) is 4.93. The van der Waals surface area contributed by atoms with Crippen LogP contribution >= 0.6 is 11.6 Å². The van der Waals surface area contributed by atoms with E-state index in [4.69, 9.17) is 11.6 Å². The van der Waals surface area contributed by atoms with Crippen LogP contribution in [0.2, 0.25) is 5.02 Å². The van der Waals surface area contributed by atoms with Gasteiger partial charge in [-0.2, -0.15) is 0 Å². The van der Waals surface area contributed by atoms with E-state index in [9.17, 15) is 14.4 Å². The molecule has 1 fully saturated rings. The molecular weight excluding hydrogens is 436 g/mol. The van der Waals surface area contributed by atoms with Gasteiger partial charge in [0.1, 0.15) is 0 Å². The van der Waals surface area contributed by atoms with E-state index >= 15 is 0 Å². The van der Waals surface area contributed by atoms with E-state index < -0.39 is 0 Å². The van der Waals surface area contributed by atoms with Gasteiger partial charge in [-0.25, -0.2) is 0 Å². The van der Waals surface area contributed by atoms with E-state index in [1.165, 1.54) is 11.1 Å². The zero-order valence-corrected chi connectivity index (χ0v) is 19.9. The van der Waals surface area contributed by atoms with Gasteiger partial charge in [0.05, 0.1) is 0 Å². The number of ketones is 1. The lowest BCUT2D eigenvalue weighted by molar-refractivity contribution is -0.132. The summed E-state index contributed by atoms with van der Waals surface area (Å²) in [6.45, 7) is 4.46. The van der Waals surface area contributed by atoms with Crippen molar-refractivity contribution >= 4 is 29.2 Å². The van der Waals surface area contributed by atoms with E-state index in [0.29, 0.717) is 18.0 Å². The Bertz CT molecular complexity index is 1030. The summed E-state index contributed by atoms with van der Waals surface area (Å²) in [6, 6.07) is 13.8. The first-order chi connectivity index (χ1) is 15.9. The fourth-order valence-corrected chi connectivity index (χ4v) is 5.06. The van der Waals surface area contributed by atoms with Crippen LogP contribution in [0.1, 0.15) is 65.6 Å². The van der Waals surface area contributed by atoms with Gasteiger partial charge in [-0.05, 0) is 66.5 Å². The predicted molar refractivity (Wildman–Crippen MR) is 130 cm³/mol. The van der Waals surface area contributed by atoms with Gasteiger partial charge in [0.25, 0.3) is 0 Å². The fraction of sp³-hybridized carbons (Fsp3) is 0.444. The van der Waals surface area contributed by atoms with E-state index in [1.807, 2.05) is 40.1 Å². The smallest absolute Gasteiger partial charge is 0.223 e. The Hall–Kier alpha value is -2.66. The Morgan fingerprint density at radius 1 is 0.848 bits per heavy atom. The SMILES string of the molecule is CC(=O)N1CCc2ccc(C(=O)CCC(=O)N3CCC(c4ccc(Cl)cc4)CC3)cc2CC1. The van der Waals surface area contributed by atoms with Crippen molar-refractivity contribution in [2.24, 2.45) is 0 Å². The lowest BCUT2D eigenvalue weighted by Crippen LogP contribution is -2.38. The zero-order chi connectivity index (χ0) is 23.4. The first-order valence-electron chi connectivity index (χ1n) is 11.8. The first kappa shape index (κ1) is 23.5. The topological polar surface area (TPSA) is 57.7 Å². The van der Waals surface area contributed by atoms with Gasteiger partial charge in [0, 0.05) is 56.5 Å². The number of nitrogens with zero attached hydrogens (tertiary/aromatic N) is 2. The second-order valence-corrected chi connectivity index (χ2v) is 9.56. The van der Waals surface area contributed by atoms with Crippen LogP contribution in [0, 0.1) is 0 Å². The maximum atomic E-state index is 12.8. The number of carbonyl (C=O) groups excluding carboxylic acids is 3. The Balaban J connectivity index is 1.27. The second-order valence-electron chi connectivity index (χ2n) is 9.12. The number of carbonyl (C=O) groups is 3. The number of amides is 2. The van der Waals surface area contributed by atoms with Crippen molar-refractivity contribution in [3.63, 3.8) is 0 Å². The Morgan fingerprint density at radius 2 is 1.52 bits per heavy atom. The molecule has 174 valence electrons. The van der Waals surface area contributed by atoms with Crippen LogP contribution in [-0.2, 0) is 22.4 Å². The molecule has 0 radical (unpaired) electrons. The summed E-state index contributed by atoms with van der Waals surface area (Å²) in [5, 5.41) is 0.739. The van der Waals surface area contributed by atoms with Gasteiger partial charge >= 0.3 is 0 Å². The van der Waals surface area contributed by atoms with Crippen LogP contribution in [0.5, 0.6) is 0 Å². The van der Waals surface area contributed by atoms with Gasteiger partial charge in [0.15, 0.2) is 5.78 Å². The summed E-state index contributed by atoms with van der Waals surface area (Å²) in [5.41, 5.74) is 4.28. The van der Waals surface area contributed by atoms with Crippen molar-refractivity contribution < 1.29 is 14.4 Å². The molecule has 2 aromatic rings. The molecule has 0 aliphatic carbocycles. The van der Waals surface area contributed by atoms with Crippen LogP contribution in [0.15, 0.2) is 42.5 Å². The molecule has 6 heteroatoms. The average Bonchev–Trinajstić information content (AvgIpc) is 3.05. The molecule has 1 saturated heterocycles. The molecule has 4 rings (SSSR count). The molecule has 0 bridgehead atoms. The molecular formula is C27H31ClN2O3. The number of benzene rings is 2. The molecule has 2 amide bonds. The van der Waals surface area contributed by atoms with Crippen LogP contribution < -0.4 is 0 Å². The predicted octanol–water partition coefficient (Wildman–Crippen LogP) is 4.66. The molecule has 2 heterocycles. The molecule has 2 aliphatic heterocycles. The summed E-state index contributed by atoms with van der Waals surface area (Å²) in [6.07, 6.45) is 3.92. The van der Waals surface area contributed by atoms with Gasteiger partial charge in [0.2, 0.25) is 11.8 Å². The molecule has 0 atom stereocenters. The van der Waals surface area contributed by atoms with Gasteiger partial charge in [-0.3, -0.25) is 14.4 Å². The number of hydrogen-bond acceptors (Lipinski definition) is 3. The van der Waals surface area contributed by atoms with E-state index in [-0.39, 0.29) is 30.4 Å². The molecule has 0 aromatic heterocycles. The van der Waals surface area contributed by atoms with Gasteiger partial charge in [-0.1, -0.05) is 35.9 Å². The highest BCUT2D eigenvalue weighted by Gasteiger charge is 2.24. The highest BCUT2D eigenvalue weighted by atomic mass is 35.5. The molecule has 2 aliphatic rings. The third-order valence-electron chi connectivity index (χ3n) is 7.03. The molecule has 2 aromatic carbocycles. The van der Waals surface area contributed by atoms with Crippen molar-refractivity contribution in [3.8, 4) is 0 Å². The number of piperidine rings is 1. The molecule has 5 nitrogen and oxygen atoms in total. The number of halogens is 1. The Labute approximate surface area is 200 Å². The average molecular weight is 467 g/mol. The Kier molecular flexibility index (Phi) is 7.49. The van der Waals surface area contributed by atoms with Gasteiger partial charge in [-0.15, -0.1) is 0 Å².